The van der Waals surface area contributed by atoms with Crippen molar-refractivity contribution in [2.75, 3.05) is 20.1 Å². The maximum Gasteiger partial charge on any atom is 0.354 e. The van der Waals surface area contributed by atoms with Crippen molar-refractivity contribution >= 4 is 22.1 Å². The quantitative estimate of drug-likeness (QED) is 0.483. The van der Waals surface area contributed by atoms with Gasteiger partial charge in [0.05, 0.1) is 0 Å². The van der Waals surface area contributed by atoms with Crippen LogP contribution in [0.15, 0.2) is 36.5 Å². The molecular weight excluding hydrogens is 360 g/mol. The van der Waals surface area contributed by atoms with E-state index in [-0.39, 0.29) is 11.5 Å². The Morgan fingerprint density at radius 3 is 2.58 bits per heavy atom. The SMILES string of the molecule is CNCCCNC(=O)c1cccc(-c2ccn(S(N)(=O)=O)c2C(=O)O)c1. The normalized spacial score (nSPS) is 11.3. The number of carbonyl (C=O) groups excluding carboxylic acids is 1. The summed E-state index contributed by atoms with van der Waals surface area (Å²) < 4.78 is 23.6. The van der Waals surface area contributed by atoms with E-state index in [1.54, 1.807) is 18.2 Å². The van der Waals surface area contributed by atoms with Gasteiger partial charge in [-0.3, -0.25) is 4.79 Å². The molecule has 0 saturated heterocycles. The van der Waals surface area contributed by atoms with E-state index in [1.165, 1.54) is 12.1 Å². The summed E-state index contributed by atoms with van der Waals surface area (Å²) >= 11 is 0. The summed E-state index contributed by atoms with van der Waals surface area (Å²) in [5.74, 6) is -1.74. The number of nitrogens with two attached hydrogens (primary N) is 1. The molecule has 5 N–H and O–H groups in total. The van der Waals surface area contributed by atoms with Crippen LogP contribution in [0.2, 0.25) is 0 Å². The number of carboxylic acid groups (broad SMARTS) is 1. The third-order valence-corrected chi connectivity index (χ3v) is 4.51. The highest BCUT2D eigenvalue weighted by atomic mass is 32.2. The van der Waals surface area contributed by atoms with Crippen molar-refractivity contribution in [3.05, 3.63) is 47.8 Å². The van der Waals surface area contributed by atoms with Gasteiger partial charge in [-0.05, 0) is 43.8 Å². The van der Waals surface area contributed by atoms with Crippen molar-refractivity contribution in [2.45, 2.75) is 6.42 Å². The summed E-state index contributed by atoms with van der Waals surface area (Å²) in [5, 5.41) is 20.2. The standard InChI is InChI=1S/C16H20N4O5S/c1-18-7-3-8-19-15(21)12-5-2-4-11(10-12)13-6-9-20(26(17,24)25)14(13)16(22)23/h2,4-6,9-10,18H,3,7-8H2,1H3,(H,19,21)(H,22,23)(H2,17,24,25). The van der Waals surface area contributed by atoms with Gasteiger partial charge in [0.15, 0.2) is 5.69 Å². The van der Waals surface area contributed by atoms with Gasteiger partial charge >= 0.3 is 16.2 Å². The zero-order chi connectivity index (χ0) is 19.3. The van der Waals surface area contributed by atoms with Crippen molar-refractivity contribution in [1.82, 2.24) is 14.6 Å². The molecule has 0 saturated carbocycles. The monoisotopic (exact) mass is 380 g/mol. The Balaban J connectivity index is 2.35. The smallest absolute Gasteiger partial charge is 0.354 e. The Labute approximate surface area is 151 Å². The van der Waals surface area contributed by atoms with Crippen LogP contribution in [0.4, 0.5) is 0 Å². The van der Waals surface area contributed by atoms with Crippen molar-refractivity contribution in [3.63, 3.8) is 0 Å². The third kappa shape index (κ3) is 4.48. The Bertz CT molecular complexity index is 920. The lowest BCUT2D eigenvalue weighted by atomic mass is 10.0. The summed E-state index contributed by atoms with van der Waals surface area (Å²) in [5.41, 5.74) is 0.398. The predicted molar refractivity (Wildman–Crippen MR) is 96.2 cm³/mol. The van der Waals surface area contributed by atoms with E-state index in [0.717, 1.165) is 19.2 Å². The fourth-order valence-electron chi connectivity index (χ4n) is 2.47. The van der Waals surface area contributed by atoms with E-state index in [4.69, 9.17) is 5.14 Å². The topological polar surface area (TPSA) is 144 Å². The van der Waals surface area contributed by atoms with E-state index in [0.29, 0.717) is 21.6 Å². The lowest BCUT2D eigenvalue weighted by Crippen LogP contribution is -2.26. The highest BCUT2D eigenvalue weighted by Gasteiger charge is 2.23. The number of carbonyl (C=O) groups is 2. The molecule has 140 valence electrons. The van der Waals surface area contributed by atoms with Crippen LogP contribution in [0, 0.1) is 0 Å². The first kappa shape index (κ1) is 19.6. The van der Waals surface area contributed by atoms with Gasteiger partial charge in [0, 0.05) is 23.9 Å². The van der Waals surface area contributed by atoms with Crippen LogP contribution in [0.3, 0.4) is 0 Å². The largest absolute Gasteiger partial charge is 0.477 e. The molecular formula is C16H20N4O5S. The van der Waals surface area contributed by atoms with Gasteiger partial charge in [0.2, 0.25) is 0 Å². The van der Waals surface area contributed by atoms with Crippen LogP contribution in [-0.2, 0) is 10.2 Å². The van der Waals surface area contributed by atoms with Crippen LogP contribution in [-0.4, -0.2) is 49.5 Å². The summed E-state index contributed by atoms with van der Waals surface area (Å²) in [6.45, 7) is 1.26. The number of amides is 1. The van der Waals surface area contributed by atoms with Gasteiger partial charge in [-0.1, -0.05) is 12.1 Å². The second kappa shape index (κ2) is 8.13. The predicted octanol–water partition coefficient (Wildman–Crippen LogP) is 0.244. The highest BCUT2D eigenvalue weighted by Crippen LogP contribution is 2.26. The lowest BCUT2D eigenvalue weighted by molar-refractivity contribution is 0.0690. The van der Waals surface area contributed by atoms with Crippen LogP contribution >= 0.6 is 0 Å². The lowest BCUT2D eigenvalue weighted by Gasteiger charge is -2.08. The fourth-order valence-corrected chi connectivity index (χ4v) is 3.13. The highest BCUT2D eigenvalue weighted by molar-refractivity contribution is 7.87. The molecule has 1 aromatic carbocycles. The number of nitrogens with zero attached hydrogens (tertiary/aromatic N) is 1. The molecule has 9 nitrogen and oxygen atoms in total. The van der Waals surface area contributed by atoms with Crippen LogP contribution in [0.5, 0.6) is 0 Å². The Morgan fingerprint density at radius 1 is 1.23 bits per heavy atom. The van der Waals surface area contributed by atoms with Gasteiger partial charge in [-0.25, -0.2) is 13.9 Å². The van der Waals surface area contributed by atoms with E-state index >= 15 is 0 Å². The molecule has 0 aliphatic rings. The average Bonchev–Trinajstić information content (AvgIpc) is 3.04. The number of hydrogen-bond acceptors (Lipinski definition) is 5. The molecule has 2 aromatic rings. The number of aromatic nitrogens is 1. The number of carboxylic acids is 1. The zero-order valence-electron chi connectivity index (χ0n) is 14.1. The molecule has 0 fully saturated rings. The molecule has 0 spiro atoms. The van der Waals surface area contributed by atoms with Crippen molar-refractivity contribution in [3.8, 4) is 11.1 Å². The summed E-state index contributed by atoms with van der Waals surface area (Å²) in [6.07, 6.45) is 1.83. The third-order valence-electron chi connectivity index (χ3n) is 3.65. The first-order valence-corrected chi connectivity index (χ1v) is 9.27. The van der Waals surface area contributed by atoms with Gasteiger partial charge in [0.25, 0.3) is 5.91 Å². The molecule has 10 heteroatoms. The average molecular weight is 380 g/mol. The van der Waals surface area contributed by atoms with Crippen molar-refractivity contribution in [1.29, 1.82) is 0 Å². The summed E-state index contributed by atoms with van der Waals surface area (Å²) in [6, 6.07) is 7.61. The maximum absolute atomic E-state index is 12.2. The molecule has 2 rings (SSSR count). The van der Waals surface area contributed by atoms with E-state index < -0.39 is 21.9 Å². The van der Waals surface area contributed by atoms with Crippen LogP contribution in [0.1, 0.15) is 27.3 Å². The van der Waals surface area contributed by atoms with Gasteiger partial charge in [-0.15, -0.1) is 0 Å². The van der Waals surface area contributed by atoms with Crippen molar-refractivity contribution in [2.24, 2.45) is 5.14 Å². The molecule has 0 unspecified atom stereocenters. The molecule has 0 radical (unpaired) electrons. The molecule has 0 aliphatic heterocycles. The van der Waals surface area contributed by atoms with Crippen molar-refractivity contribution < 1.29 is 23.1 Å². The Kier molecular flexibility index (Phi) is 6.14. The van der Waals surface area contributed by atoms with Gasteiger partial charge in [-0.2, -0.15) is 8.42 Å². The number of benzene rings is 1. The molecule has 26 heavy (non-hydrogen) atoms. The maximum atomic E-state index is 12.2. The number of rotatable bonds is 8. The Morgan fingerprint density at radius 2 is 1.96 bits per heavy atom. The van der Waals surface area contributed by atoms with E-state index in [1.807, 2.05) is 7.05 Å². The van der Waals surface area contributed by atoms with E-state index in [2.05, 4.69) is 10.6 Å². The van der Waals surface area contributed by atoms with Gasteiger partial charge in [0.1, 0.15) is 0 Å². The van der Waals surface area contributed by atoms with Gasteiger partial charge < -0.3 is 15.7 Å². The summed E-state index contributed by atoms with van der Waals surface area (Å²) in [4.78, 5) is 23.7. The van der Waals surface area contributed by atoms with E-state index in [9.17, 15) is 23.1 Å². The first-order valence-electron chi connectivity index (χ1n) is 7.77. The minimum atomic E-state index is -4.26. The molecule has 0 atom stereocenters. The number of hydrogen-bond donors (Lipinski definition) is 4. The molecule has 1 heterocycles. The summed E-state index contributed by atoms with van der Waals surface area (Å²) in [7, 11) is -2.44. The molecule has 0 bridgehead atoms. The number of nitrogens with one attached hydrogen (secondary N) is 2. The molecule has 1 amide bonds. The molecule has 1 aromatic heterocycles. The van der Waals surface area contributed by atoms with Crippen LogP contribution < -0.4 is 15.8 Å². The number of aromatic carboxylic acids is 1. The second-order valence-corrected chi connectivity index (χ2v) is 6.94. The van der Waals surface area contributed by atoms with Crippen LogP contribution in [0.25, 0.3) is 11.1 Å². The Hall–Kier alpha value is -2.69. The first-order chi connectivity index (χ1) is 12.3. The second-order valence-electron chi connectivity index (χ2n) is 5.52. The minimum Gasteiger partial charge on any atom is -0.477 e. The molecule has 0 aliphatic carbocycles. The fraction of sp³-hybridized carbons (Fsp3) is 0.250. The minimum absolute atomic E-state index is 0.149. The zero-order valence-corrected chi connectivity index (χ0v) is 14.9.